The van der Waals surface area contributed by atoms with Crippen molar-refractivity contribution in [2.24, 2.45) is 0 Å². The van der Waals surface area contributed by atoms with Gasteiger partial charge in [0.05, 0.1) is 38.5 Å². The Morgan fingerprint density at radius 3 is 2.59 bits per heavy atom. The van der Waals surface area contributed by atoms with Gasteiger partial charge in [-0.25, -0.2) is 4.68 Å². The van der Waals surface area contributed by atoms with Gasteiger partial charge in [0.25, 0.3) is 5.56 Å². The topological polar surface area (TPSA) is 103 Å². The van der Waals surface area contributed by atoms with Crippen molar-refractivity contribution in [1.29, 1.82) is 0 Å². The molecule has 2 N–H and O–H groups in total. The van der Waals surface area contributed by atoms with Crippen LogP contribution >= 0.6 is 0 Å². The molecule has 8 nitrogen and oxygen atoms in total. The first kappa shape index (κ1) is 20.3. The molecule has 3 aromatic rings. The number of ether oxygens (including phenoxy) is 2. The summed E-state index contributed by atoms with van der Waals surface area (Å²) in [5, 5.41) is 17.3. The van der Waals surface area contributed by atoms with Crippen LogP contribution in [0.25, 0.3) is 10.8 Å². The molecule has 0 saturated carbocycles. The smallest absolute Gasteiger partial charge is 0.279 e. The number of methoxy groups -OCH3 is 2. The molecule has 0 radical (unpaired) electrons. The van der Waals surface area contributed by atoms with E-state index in [1.165, 1.54) is 20.4 Å². The van der Waals surface area contributed by atoms with E-state index in [4.69, 9.17) is 9.47 Å². The van der Waals surface area contributed by atoms with E-state index in [1.807, 2.05) is 30.3 Å². The van der Waals surface area contributed by atoms with Gasteiger partial charge in [-0.15, -0.1) is 0 Å². The van der Waals surface area contributed by atoms with Gasteiger partial charge in [0.1, 0.15) is 6.54 Å². The Hall–Kier alpha value is -3.39. The zero-order valence-electron chi connectivity index (χ0n) is 16.3. The van der Waals surface area contributed by atoms with Crippen LogP contribution in [-0.2, 0) is 17.8 Å². The number of aromatic nitrogens is 2. The lowest BCUT2D eigenvalue weighted by atomic mass is 10.1. The molecule has 152 valence electrons. The van der Waals surface area contributed by atoms with E-state index in [0.29, 0.717) is 23.3 Å². The van der Waals surface area contributed by atoms with Crippen LogP contribution in [0.5, 0.6) is 11.5 Å². The van der Waals surface area contributed by atoms with E-state index in [0.717, 1.165) is 10.2 Å². The Balaban J connectivity index is 1.81. The van der Waals surface area contributed by atoms with E-state index in [1.54, 1.807) is 12.1 Å². The van der Waals surface area contributed by atoms with E-state index in [9.17, 15) is 14.7 Å². The number of nitrogens with zero attached hydrogens (tertiary/aromatic N) is 2. The third-order valence-electron chi connectivity index (χ3n) is 4.57. The lowest BCUT2D eigenvalue weighted by molar-refractivity contribution is -0.122. The largest absolute Gasteiger partial charge is 0.493 e. The van der Waals surface area contributed by atoms with Gasteiger partial charge in [0.15, 0.2) is 11.5 Å². The van der Waals surface area contributed by atoms with E-state index >= 15 is 0 Å². The van der Waals surface area contributed by atoms with Crippen LogP contribution in [0.4, 0.5) is 0 Å². The molecule has 0 spiro atoms. The molecule has 8 heteroatoms. The number of aliphatic hydroxyl groups is 1. The standard InChI is InChI=1S/C21H23N3O5/c1-28-17-9-8-15-11-22-24(21(27)19(15)20(17)29-2)12-18(26)23-16(13-25)10-14-6-4-3-5-7-14/h3-9,11,16,25H,10,12-13H2,1-2H3,(H,23,26)/t16-/m0/s1. The van der Waals surface area contributed by atoms with Crippen LogP contribution in [-0.4, -0.2) is 47.7 Å². The first-order valence-corrected chi connectivity index (χ1v) is 9.12. The maximum Gasteiger partial charge on any atom is 0.279 e. The first-order chi connectivity index (χ1) is 14.1. The summed E-state index contributed by atoms with van der Waals surface area (Å²) < 4.78 is 11.6. The number of carbonyl (C=O) groups excluding carboxylic acids is 1. The third-order valence-corrected chi connectivity index (χ3v) is 4.57. The zero-order chi connectivity index (χ0) is 20.8. The molecule has 0 aliphatic carbocycles. The Morgan fingerprint density at radius 1 is 1.17 bits per heavy atom. The molecular weight excluding hydrogens is 374 g/mol. The summed E-state index contributed by atoms with van der Waals surface area (Å²) in [5.41, 5.74) is 0.529. The third kappa shape index (κ3) is 4.55. The van der Waals surface area contributed by atoms with Gasteiger partial charge in [-0.05, 0) is 24.1 Å². The predicted octanol–water partition coefficient (Wildman–Crippen LogP) is 1.13. The number of hydrogen-bond acceptors (Lipinski definition) is 6. The minimum absolute atomic E-state index is 0.217. The lowest BCUT2D eigenvalue weighted by Crippen LogP contribution is -2.42. The molecule has 1 atom stereocenters. The number of nitrogens with one attached hydrogen (secondary N) is 1. The minimum Gasteiger partial charge on any atom is -0.493 e. The van der Waals surface area contributed by atoms with Gasteiger partial charge in [-0.3, -0.25) is 9.59 Å². The van der Waals surface area contributed by atoms with Crippen LogP contribution in [0.3, 0.4) is 0 Å². The van der Waals surface area contributed by atoms with Crippen LogP contribution in [0.1, 0.15) is 5.56 Å². The number of hydrogen-bond donors (Lipinski definition) is 2. The second kappa shape index (κ2) is 9.20. The van der Waals surface area contributed by atoms with Crippen LogP contribution in [0.15, 0.2) is 53.5 Å². The van der Waals surface area contributed by atoms with Crippen molar-refractivity contribution in [1.82, 2.24) is 15.1 Å². The van der Waals surface area contributed by atoms with Crippen molar-refractivity contribution >= 4 is 16.7 Å². The van der Waals surface area contributed by atoms with Gasteiger partial charge in [-0.1, -0.05) is 30.3 Å². The van der Waals surface area contributed by atoms with Gasteiger partial charge >= 0.3 is 0 Å². The summed E-state index contributed by atoms with van der Waals surface area (Å²) >= 11 is 0. The summed E-state index contributed by atoms with van der Waals surface area (Å²) in [4.78, 5) is 25.4. The molecule has 0 bridgehead atoms. The molecule has 0 aliphatic heterocycles. The average Bonchev–Trinajstić information content (AvgIpc) is 2.75. The Bertz CT molecular complexity index is 1050. The molecular formula is C21H23N3O5. The van der Waals surface area contributed by atoms with Gasteiger partial charge < -0.3 is 19.9 Å². The van der Waals surface area contributed by atoms with Crippen LogP contribution < -0.4 is 20.3 Å². The molecule has 0 unspecified atom stereocenters. The van der Waals surface area contributed by atoms with Gasteiger partial charge in [0.2, 0.25) is 5.91 Å². The number of aliphatic hydroxyl groups excluding tert-OH is 1. The molecule has 0 saturated heterocycles. The molecule has 0 aliphatic rings. The van der Waals surface area contributed by atoms with Crippen molar-refractivity contribution in [2.75, 3.05) is 20.8 Å². The highest BCUT2D eigenvalue weighted by atomic mass is 16.5. The fourth-order valence-electron chi connectivity index (χ4n) is 3.17. The minimum atomic E-state index is -0.462. The summed E-state index contributed by atoms with van der Waals surface area (Å²) in [6.07, 6.45) is 1.98. The highest BCUT2D eigenvalue weighted by Gasteiger charge is 2.17. The van der Waals surface area contributed by atoms with Crippen LogP contribution in [0.2, 0.25) is 0 Å². The molecule has 29 heavy (non-hydrogen) atoms. The van der Waals surface area contributed by atoms with E-state index in [-0.39, 0.29) is 18.5 Å². The van der Waals surface area contributed by atoms with Crippen LogP contribution in [0, 0.1) is 0 Å². The van der Waals surface area contributed by atoms with Crippen molar-refractivity contribution in [3.8, 4) is 11.5 Å². The molecule has 0 fully saturated rings. The zero-order valence-corrected chi connectivity index (χ0v) is 16.3. The second-order valence-corrected chi connectivity index (χ2v) is 6.51. The fourth-order valence-corrected chi connectivity index (χ4v) is 3.17. The molecule has 3 rings (SSSR count). The van der Waals surface area contributed by atoms with Crippen molar-refractivity contribution in [3.63, 3.8) is 0 Å². The fraction of sp³-hybridized carbons (Fsp3) is 0.286. The van der Waals surface area contributed by atoms with Crippen molar-refractivity contribution in [2.45, 2.75) is 19.0 Å². The van der Waals surface area contributed by atoms with Gasteiger partial charge in [0, 0.05) is 5.39 Å². The molecule has 1 aromatic heterocycles. The molecule has 1 amide bonds. The number of amides is 1. The summed E-state index contributed by atoms with van der Waals surface area (Å²) in [5.74, 6) is 0.294. The van der Waals surface area contributed by atoms with E-state index < -0.39 is 17.5 Å². The number of benzene rings is 2. The summed E-state index contributed by atoms with van der Waals surface area (Å²) in [7, 11) is 2.93. The molecule has 2 aromatic carbocycles. The first-order valence-electron chi connectivity index (χ1n) is 9.12. The predicted molar refractivity (Wildman–Crippen MR) is 108 cm³/mol. The lowest BCUT2D eigenvalue weighted by Gasteiger charge is -2.17. The van der Waals surface area contributed by atoms with Crippen molar-refractivity contribution < 1.29 is 19.4 Å². The Kier molecular flexibility index (Phi) is 6.46. The summed E-state index contributed by atoms with van der Waals surface area (Å²) in [6, 6.07) is 12.5. The Morgan fingerprint density at radius 2 is 1.93 bits per heavy atom. The highest BCUT2D eigenvalue weighted by Crippen LogP contribution is 2.32. The SMILES string of the molecule is COc1ccc2cnn(CC(=O)N[C@H](CO)Cc3ccccc3)c(=O)c2c1OC. The quantitative estimate of drug-likeness (QED) is 0.591. The maximum absolute atomic E-state index is 12.9. The highest BCUT2D eigenvalue weighted by molar-refractivity contribution is 5.89. The van der Waals surface area contributed by atoms with E-state index in [2.05, 4.69) is 10.4 Å². The normalized spacial score (nSPS) is 11.8. The monoisotopic (exact) mass is 397 g/mol. The summed E-state index contributed by atoms with van der Waals surface area (Å²) in [6.45, 7) is -0.494. The maximum atomic E-state index is 12.9. The second-order valence-electron chi connectivity index (χ2n) is 6.51. The van der Waals surface area contributed by atoms with Gasteiger partial charge in [-0.2, -0.15) is 5.10 Å². The molecule has 1 heterocycles. The average molecular weight is 397 g/mol. The van der Waals surface area contributed by atoms with Crippen molar-refractivity contribution in [3.05, 3.63) is 64.6 Å². The number of rotatable bonds is 8. The number of fused-ring (bicyclic) bond motifs is 1. The Labute approximate surface area is 167 Å². The number of carbonyl (C=O) groups is 1.